The lowest BCUT2D eigenvalue weighted by Gasteiger charge is -2.35. The Morgan fingerprint density at radius 1 is 0.917 bits per heavy atom. The van der Waals surface area contributed by atoms with E-state index in [0.29, 0.717) is 24.1 Å². The number of amides is 3. The number of fused-ring (bicyclic) bond motifs is 1. The van der Waals surface area contributed by atoms with Gasteiger partial charge in [0, 0.05) is 18.3 Å². The number of anilines is 1. The van der Waals surface area contributed by atoms with Gasteiger partial charge in [-0.3, -0.25) is 14.4 Å². The molecule has 5 atom stereocenters. The first-order valence-electron chi connectivity index (χ1n) is 18.5. The summed E-state index contributed by atoms with van der Waals surface area (Å²) in [5.74, 6) is -0.829. The molecule has 8 nitrogen and oxygen atoms in total. The molecule has 2 aromatic carbocycles. The molecule has 1 spiro atoms. The Bertz CT molecular complexity index is 1480. The van der Waals surface area contributed by atoms with Crippen molar-refractivity contribution >= 4 is 23.4 Å². The van der Waals surface area contributed by atoms with Crippen LogP contribution in [-0.4, -0.2) is 77.5 Å². The molecule has 4 heterocycles. The molecule has 4 fully saturated rings. The molecule has 0 unspecified atom stereocenters. The minimum atomic E-state index is -1.13. The van der Waals surface area contributed by atoms with Crippen molar-refractivity contribution in [2.24, 2.45) is 17.8 Å². The molecule has 8 heteroatoms. The zero-order valence-electron chi connectivity index (χ0n) is 28.6. The van der Waals surface area contributed by atoms with Crippen molar-refractivity contribution in [2.45, 2.75) is 101 Å². The van der Waals surface area contributed by atoms with Gasteiger partial charge in [0.2, 0.25) is 17.7 Å². The highest BCUT2D eigenvalue weighted by Crippen LogP contribution is 2.55. The molecule has 3 amide bonds. The molecular weight excluding hydrogens is 600 g/mol. The zero-order valence-corrected chi connectivity index (χ0v) is 28.6. The monoisotopic (exact) mass is 652 g/mol. The number of piperidine rings is 1. The topological polar surface area (TPSA) is 91.0 Å². The van der Waals surface area contributed by atoms with Crippen LogP contribution in [0.1, 0.15) is 82.3 Å². The summed E-state index contributed by atoms with van der Waals surface area (Å²) < 4.78 is 6.58. The van der Waals surface area contributed by atoms with Crippen molar-refractivity contribution in [3.8, 4) is 0 Å². The number of carbonyl (C=O) groups excluding carboxylic acids is 3. The maximum atomic E-state index is 14.4. The third kappa shape index (κ3) is 6.58. The lowest BCUT2D eigenvalue weighted by molar-refractivity contribution is -0.141. The quantitative estimate of drug-likeness (QED) is 0.305. The number of nitrogens with one attached hydrogen (secondary N) is 2. The molecule has 3 saturated heterocycles. The maximum absolute atomic E-state index is 14.4. The Hall–Kier alpha value is -3.49. The standard InChI is InChI=1S/C40H52N4O4/c1-27(2)30-14-16-32(17-15-30)41-37(45)34-33-18-21-40(48-33)35(34)39(47)44(36(40)38(46)42-31-12-7-4-8-13-31)23-9-22-43-24-19-29(20-25-43)26-28-10-5-3-6-11-28/h3,5-6,10-11,14-18,21,27,29,31,33-36H,4,7-9,12-13,19-20,22-26H2,1-2H3,(H,41,45)(H,42,46)/t33-,34-,35-,36-,40-/m1/s1. The van der Waals surface area contributed by atoms with Gasteiger partial charge in [-0.15, -0.1) is 0 Å². The van der Waals surface area contributed by atoms with Gasteiger partial charge in [0.05, 0.1) is 17.9 Å². The van der Waals surface area contributed by atoms with Crippen molar-refractivity contribution in [2.75, 3.05) is 31.5 Å². The van der Waals surface area contributed by atoms with E-state index in [4.69, 9.17) is 4.74 Å². The Balaban J connectivity index is 1.03. The smallest absolute Gasteiger partial charge is 0.246 e. The SMILES string of the molecule is CC(C)c1ccc(NC(=O)[C@@H]2[C@H]3C=C[C@@]4(O3)[C@H]2C(=O)N(CCCN2CCC(Cc3ccccc3)CC2)[C@@H]4C(=O)NC2CCCCC2)cc1. The molecule has 1 aliphatic carbocycles. The Kier molecular flexibility index (Phi) is 9.75. The summed E-state index contributed by atoms with van der Waals surface area (Å²) in [4.78, 5) is 46.7. The number of ether oxygens (including phenoxy) is 1. The molecule has 48 heavy (non-hydrogen) atoms. The first-order valence-corrected chi connectivity index (χ1v) is 18.5. The summed E-state index contributed by atoms with van der Waals surface area (Å²) in [5, 5.41) is 6.37. The lowest BCUT2D eigenvalue weighted by atomic mass is 9.74. The van der Waals surface area contributed by atoms with E-state index in [-0.39, 0.29) is 23.8 Å². The van der Waals surface area contributed by atoms with E-state index in [1.807, 2.05) is 36.4 Å². The second-order valence-corrected chi connectivity index (χ2v) is 15.2. The van der Waals surface area contributed by atoms with Crippen molar-refractivity contribution in [3.63, 3.8) is 0 Å². The summed E-state index contributed by atoms with van der Waals surface area (Å²) >= 11 is 0. The zero-order chi connectivity index (χ0) is 33.3. The van der Waals surface area contributed by atoms with E-state index in [2.05, 4.69) is 59.7 Å². The van der Waals surface area contributed by atoms with Crippen molar-refractivity contribution in [1.29, 1.82) is 0 Å². The predicted molar refractivity (Wildman–Crippen MR) is 187 cm³/mol. The van der Waals surface area contributed by atoms with E-state index in [1.54, 1.807) is 4.90 Å². The van der Waals surface area contributed by atoms with E-state index in [0.717, 1.165) is 58.2 Å². The van der Waals surface area contributed by atoms with Gasteiger partial charge in [0.15, 0.2) is 0 Å². The summed E-state index contributed by atoms with van der Waals surface area (Å²) in [7, 11) is 0. The molecule has 256 valence electrons. The second-order valence-electron chi connectivity index (χ2n) is 15.2. The van der Waals surface area contributed by atoms with Crippen LogP contribution in [0.3, 0.4) is 0 Å². The van der Waals surface area contributed by atoms with Gasteiger partial charge in [-0.1, -0.05) is 87.7 Å². The minimum absolute atomic E-state index is 0.117. The number of likely N-dealkylation sites (tertiary alicyclic amines) is 2. The average molecular weight is 653 g/mol. The highest BCUT2D eigenvalue weighted by atomic mass is 16.5. The molecule has 2 N–H and O–H groups in total. The first kappa shape index (κ1) is 33.0. The van der Waals surface area contributed by atoms with Crippen molar-refractivity contribution in [1.82, 2.24) is 15.1 Å². The van der Waals surface area contributed by atoms with Crippen LogP contribution in [0.4, 0.5) is 5.69 Å². The molecule has 0 aromatic heterocycles. The van der Waals surface area contributed by atoms with E-state index in [1.165, 1.54) is 30.4 Å². The van der Waals surface area contributed by atoms with Gasteiger partial charge in [-0.2, -0.15) is 0 Å². The highest BCUT2D eigenvalue weighted by molar-refractivity contribution is 6.02. The van der Waals surface area contributed by atoms with E-state index < -0.39 is 29.6 Å². The summed E-state index contributed by atoms with van der Waals surface area (Å²) in [6.07, 6.45) is 12.9. The number of nitrogens with zero attached hydrogens (tertiary/aromatic N) is 2. The van der Waals surface area contributed by atoms with Gasteiger partial charge in [-0.05, 0) is 93.3 Å². The second kappa shape index (κ2) is 14.2. The van der Waals surface area contributed by atoms with Gasteiger partial charge >= 0.3 is 0 Å². The van der Waals surface area contributed by atoms with Crippen LogP contribution in [0.5, 0.6) is 0 Å². The minimum Gasteiger partial charge on any atom is -0.359 e. The van der Waals surface area contributed by atoms with Gasteiger partial charge in [0.25, 0.3) is 0 Å². The molecule has 1 saturated carbocycles. The van der Waals surface area contributed by atoms with Crippen LogP contribution in [-0.2, 0) is 25.5 Å². The number of benzene rings is 2. The fourth-order valence-corrected chi connectivity index (χ4v) is 9.04. The molecule has 2 bridgehead atoms. The van der Waals surface area contributed by atoms with Crippen LogP contribution in [0.2, 0.25) is 0 Å². The number of hydrogen-bond acceptors (Lipinski definition) is 5. The van der Waals surface area contributed by atoms with Gasteiger partial charge < -0.3 is 25.2 Å². The van der Waals surface area contributed by atoms with Gasteiger partial charge in [0.1, 0.15) is 11.6 Å². The summed E-state index contributed by atoms with van der Waals surface area (Å²) in [6.45, 7) is 7.73. The van der Waals surface area contributed by atoms with Crippen molar-refractivity contribution in [3.05, 3.63) is 77.9 Å². The van der Waals surface area contributed by atoms with Crippen LogP contribution >= 0.6 is 0 Å². The average Bonchev–Trinajstić information content (AvgIpc) is 3.74. The Morgan fingerprint density at radius 3 is 2.35 bits per heavy atom. The van der Waals surface area contributed by atoms with Gasteiger partial charge in [-0.25, -0.2) is 0 Å². The number of hydrogen-bond donors (Lipinski definition) is 2. The number of carbonyl (C=O) groups is 3. The highest BCUT2D eigenvalue weighted by Gasteiger charge is 2.72. The van der Waals surface area contributed by atoms with E-state index in [9.17, 15) is 14.4 Å². The molecule has 0 radical (unpaired) electrons. The number of rotatable bonds is 11. The predicted octanol–water partition coefficient (Wildman–Crippen LogP) is 5.69. The third-order valence-corrected chi connectivity index (χ3v) is 11.7. The molecule has 2 aromatic rings. The van der Waals surface area contributed by atoms with Crippen LogP contribution in [0, 0.1) is 17.8 Å². The van der Waals surface area contributed by atoms with Crippen molar-refractivity contribution < 1.29 is 19.1 Å². The normalized spacial score (nSPS) is 29.1. The molecular formula is C40H52N4O4. The van der Waals surface area contributed by atoms with Crippen LogP contribution in [0.15, 0.2) is 66.7 Å². The Morgan fingerprint density at radius 2 is 1.65 bits per heavy atom. The van der Waals surface area contributed by atoms with E-state index >= 15 is 0 Å². The molecule has 5 aliphatic rings. The summed E-state index contributed by atoms with van der Waals surface area (Å²) in [5.41, 5.74) is 2.18. The Labute approximate surface area is 285 Å². The fraction of sp³-hybridized carbons (Fsp3) is 0.575. The summed E-state index contributed by atoms with van der Waals surface area (Å²) in [6, 6.07) is 18.0. The fourth-order valence-electron chi connectivity index (χ4n) is 9.04. The van der Waals surface area contributed by atoms with Crippen LogP contribution in [0.25, 0.3) is 0 Å². The third-order valence-electron chi connectivity index (χ3n) is 11.7. The first-order chi connectivity index (χ1) is 23.3. The maximum Gasteiger partial charge on any atom is 0.246 e. The lowest BCUT2D eigenvalue weighted by Crippen LogP contribution is -2.56. The van der Waals surface area contributed by atoms with Crippen LogP contribution < -0.4 is 10.6 Å². The largest absolute Gasteiger partial charge is 0.359 e. The molecule has 7 rings (SSSR count). The molecule has 4 aliphatic heterocycles.